The van der Waals surface area contributed by atoms with Crippen LogP contribution >= 0.6 is 0 Å². The van der Waals surface area contributed by atoms with Crippen LogP contribution in [0, 0.1) is 11.8 Å². The summed E-state index contributed by atoms with van der Waals surface area (Å²) in [6.07, 6.45) is 0. The molecule has 0 aromatic heterocycles. The Morgan fingerprint density at radius 1 is 1.20 bits per heavy atom. The Labute approximate surface area is 118 Å². The molecule has 0 aliphatic carbocycles. The van der Waals surface area contributed by atoms with Gasteiger partial charge in [-0.05, 0) is 24.6 Å². The third kappa shape index (κ3) is 3.98. The minimum absolute atomic E-state index is 0.207. The summed E-state index contributed by atoms with van der Waals surface area (Å²) in [5, 5.41) is 11.7. The number of aliphatic carboxylic acids is 1. The molecule has 0 aliphatic rings. The van der Waals surface area contributed by atoms with Crippen molar-refractivity contribution in [3.8, 4) is 5.75 Å². The second-order valence-electron chi connectivity index (χ2n) is 4.92. The fourth-order valence-electron chi connectivity index (χ4n) is 1.78. The zero-order valence-electron chi connectivity index (χ0n) is 12.2. The number of carbonyl (C=O) groups is 2. The van der Waals surface area contributed by atoms with Gasteiger partial charge in [-0.25, -0.2) is 0 Å². The molecule has 20 heavy (non-hydrogen) atoms. The third-order valence-electron chi connectivity index (χ3n) is 3.51. The van der Waals surface area contributed by atoms with Crippen molar-refractivity contribution < 1.29 is 19.4 Å². The van der Waals surface area contributed by atoms with Crippen LogP contribution < -0.4 is 10.1 Å². The third-order valence-corrected chi connectivity index (χ3v) is 3.51. The maximum Gasteiger partial charge on any atom is 0.307 e. The van der Waals surface area contributed by atoms with Crippen LogP contribution in [-0.4, -0.2) is 24.1 Å². The molecule has 0 fully saturated rings. The van der Waals surface area contributed by atoms with E-state index >= 15 is 0 Å². The molecular formula is C15H21NO4. The zero-order chi connectivity index (χ0) is 15.3. The Bertz CT molecular complexity index is 487. The van der Waals surface area contributed by atoms with Crippen molar-refractivity contribution in [3.05, 3.63) is 29.8 Å². The molecule has 3 atom stereocenters. The number of benzene rings is 1. The fraction of sp³-hybridized carbons (Fsp3) is 0.467. The predicted octanol–water partition coefficient (Wildman–Crippen LogP) is 2.23. The van der Waals surface area contributed by atoms with Crippen LogP contribution in [0.2, 0.25) is 0 Å². The van der Waals surface area contributed by atoms with Crippen molar-refractivity contribution in [1.82, 2.24) is 5.32 Å². The van der Waals surface area contributed by atoms with Gasteiger partial charge in [-0.1, -0.05) is 26.0 Å². The standard InChI is InChI=1S/C15H21NO4/c1-9(10(2)15(18)19)14(17)16-11(3)12-6-5-7-13(8-12)20-4/h5-11H,1-4H3,(H,16,17)(H,18,19). The summed E-state index contributed by atoms with van der Waals surface area (Å²) in [7, 11) is 1.58. The monoisotopic (exact) mass is 279 g/mol. The van der Waals surface area contributed by atoms with Gasteiger partial charge < -0.3 is 15.2 Å². The number of carboxylic acids is 1. The highest BCUT2D eigenvalue weighted by atomic mass is 16.5. The van der Waals surface area contributed by atoms with E-state index in [-0.39, 0.29) is 11.9 Å². The van der Waals surface area contributed by atoms with Crippen molar-refractivity contribution in [2.24, 2.45) is 11.8 Å². The fourth-order valence-corrected chi connectivity index (χ4v) is 1.78. The molecule has 0 spiro atoms. The minimum Gasteiger partial charge on any atom is -0.497 e. The second-order valence-corrected chi connectivity index (χ2v) is 4.92. The van der Waals surface area contributed by atoms with E-state index in [1.54, 1.807) is 14.0 Å². The van der Waals surface area contributed by atoms with Crippen molar-refractivity contribution >= 4 is 11.9 Å². The first-order valence-electron chi connectivity index (χ1n) is 6.54. The zero-order valence-corrected chi connectivity index (χ0v) is 12.2. The number of carboxylic acid groups (broad SMARTS) is 1. The van der Waals surface area contributed by atoms with Crippen molar-refractivity contribution in [2.45, 2.75) is 26.8 Å². The lowest BCUT2D eigenvalue weighted by molar-refractivity contribution is -0.146. The largest absolute Gasteiger partial charge is 0.497 e. The smallest absolute Gasteiger partial charge is 0.307 e. The molecule has 0 heterocycles. The Morgan fingerprint density at radius 3 is 2.40 bits per heavy atom. The van der Waals surface area contributed by atoms with E-state index in [9.17, 15) is 9.59 Å². The molecule has 0 bridgehead atoms. The van der Waals surface area contributed by atoms with Gasteiger partial charge in [0.2, 0.25) is 5.91 Å². The minimum atomic E-state index is -0.971. The number of nitrogens with one attached hydrogen (secondary N) is 1. The van der Waals surface area contributed by atoms with Gasteiger partial charge in [0.15, 0.2) is 0 Å². The molecule has 2 N–H and O–H groups in total. The molecule has 3 unspecified atom stereocenters. The van der Waals surface area contributed by atoms with Crippen molar-refractivity contribution in [2.75, 3.05) is 7.11 Å². The predicted molar refractivity (Wildman–Crippen MR) is 75.5 cm³/mol. The van der Waals surface area contributed by atoms with Gasteiger partial charge in [-0.2, -0.15) is 0 Å². The molecule has 0 saturated heterocycles. The van der Waals surface area contributed by atoms with Crippen LogP contribution in [0.15, 0.2) is 24.3 Å². The van der Waals surface area contributed by atoms with Crippen LogP contribution in [-0.2, 0) is 9.59 Å². The van der Waals surface area contributed by atoms with E-state index in [1.807, 2.05) is 31.2 Å². The van der Waals surface area contributed by atoms with E-state index in [0.717, 1.165) is 11.3 Å². The maximum atomic E-state index is 12.0. The van der Waals surface area contributed by atoms with Gasteiger partial charge in [-0.15, -0.1) is 0 Å². The average molecular weight is 279 g/mol. The molecule has 5 heteroatoms. The van der Waals surface area contributed by atoms with Crippen LogP contribution in [0.3, 0.4) is 0 Å². The molecule has 1 amide bonds. The van der Waals surface area contributed by atoms with Crippen molar-refractivity contribution in [3.63, 3.8) is 0 Å². The highest BCUT2D eigenvalue weighted by Crippen LogP contribution is 2.20. The normalized spacial score (nSPS) is 15.0. The van der Waals surface area contributed by atoms with Gasteiger partial charge in [0.1, 0.15) is 5.75 Å². The molecule has 0 saturated carbocycles. The molecular weight excluding hydrogens is 258 g/mol. The number of amides is 1. The van der Waals surface area contributed by atoms with Crippen LogP contribution in [0.1, 0.15) is 32.4 Å². The van der Waals surface area contributed by atoms with E-state index in [1.165, 1.54) is 6.92 Å². The summed E-state index contributed by atoms with van der Waals surface area (Å²) in [5.41, 5.74) is 0.910. The number of rotatable bonds is 6. The van der Waals surface area contributed by atoms with E-state index in [0.29, 0.717) is 0 Å². The first-order valence-corrected chi connectivity index (χ1v) is 6.54. The van der Waals surface area contributed by atoms with Gasteiger partial charge >= 0.3 is 5.97 Å². The second kappa shape index (κ2) is 6.93. The lowest BCUT2D eigenvalue weighted by Crippen LogP contribution is -2.36. The first kappa shape index (κ1) is 16.0. The Morgan fingerprint density at radius 2 is 1.85 bits per heavy atom. The summed E-state index contributed by atoms with van der Waals surface area (Å²) in [6.45, 7) is 5.00. The Balaban J connectivity index is 2.72. The molecule has 110 valence electrons. The van der Waals surface area contributed by atoms with E-state index < -0.39 is 17.8 Å². The maximum absolute atomic E-state index is 12.0. The van der Waals surface area contributed by atoms with Crippen LogP contribution in [0.25, 0.3) is 0 Å². The SMILES string of the molecule is COc1cccc(C(C)NC(=O)C(C)C(C)C(=O)O)c1. The summed E-state index contributed by atoms with van der Waals surface area (Å²) in [4.78, 5) is 22.9. The van der Waals surface area contributed by atoms with Crippen LogP contribution in [0.5, 0.6) is 5.75 Å². The topological polar surface area (TPSA) is 75.6 Å². The van der Waals surface area contributed by atoms with Gasteiger partial charge in [0.05, 0.1) is 19.1 Å². The molecule has 5 nitrogen and oxygen atoms in total. The van der Waals surface area contributed by atoms with E-state index in [2.05, 4.69) is 5.32 Å². The lowest BCUT2D eigenvalue weighted by atomic mass is 9.94. The highest BCUT2D eigenvalue weighted by Gasteiger charge is 2.26. The lowest BCUT2D eigenvalue weighted by Gasteiger charge is -2.20. The molecule has 0 aliphatic heterocycles. The summed E-state index contributed by atoms with van der Waals surface area (Å²) < 4.78 is 5.14. The molecule has 0 radical (unpaired) electrons. The van der Waals surface area contributed by atoms with Crippen molar-refractivity contribution in [1.29, 1.82) is 0 Å². The number of methoxy groups -OCH3 is 1. The van der Waals surface area contributed by atoms with E-state index in [4.69, 9.17) is 9.84 Å². The average Bonchev–Trinajstić information content (AvgIpc) is 2.45. The Hall–Kier alpha value is -2.04. The summed E-state index contributed by atoms with van der Waals surface area (Å²) >= 11 is 0. The molecule has 1 aromatic carbocycles. The van der Waals surface area contributed by atoms with Gasteiger partial charge in [0.25, 0.3) is 0 Å². The highest BCUT2D eigenvalue weighted by molar-refractivity contribution is 5.84. The summed E-state index contributed by atoms with van der Waals surface area (Å²) in [5.74, 6) is -1.82. The van der Waals surface area contributed by atoms with Gasteiger partial charge in [-0.3, -0.25) is 9.59 Å². The molecule has 1 aromatic rings. The Kier molecular flexibility index (Phi) is 5.55. The van der Waals surface area contributed by atoms with Crippen LogP contribution in [0.4, 0.5) is 0 Å². The first-order chi connectivity index (χ1) is 9.36. The number of carbonyl (C=O) groups excluding carboxylic acids is 1. The summed E-state index contributed by atoms with van der Waals surface area (Å²) in [6, 6.07) is 7.20. The molecule has 1 rings (SSSR count). The quantitative estimate of drug-likeness (QED) is 0.837. The number of hydrogen-bond donors (Lipinski definition) is 2. The van der Waals surface area contributed by atoms with Gasteiger partial charge in [0, 0.05) is 5.92 Å². The number of hydrogen-bond acceptors (Lipinski definition) is 3. The number of ether oxygens (including phenoxy) is 1.